The average molecular weight is 252 g/mol. The highest BCUT2D eigenvalue weighted by atomic mass is 16.3. The Morgan fingerprint density at radius 2 is 1.89 bits per heavy atom. The molecule has 1 rings (SSSR count). The van der Waals surface area contributed by atoms with Crippen LogP contribution in [-0.2, 0) is 6.54 Å². The van der Waals surface area contributed by atoms with Gasteiger partial charge in [-0.25, -0.2) is 9.97 Å². The summed E-state index contributed by atoms with van der Waals surface area (Å²) >= 11 is 0. The molecule has 0 saturated carbocycles. The highest BCUT2D eigenvalue weighted by Crippen LogP contribution is 2.05. The summed E-state index contributed by atoms with van der Waals surface area (Å²) < 4.78 is 0. The number of hydrogen-bond donors (Lipinski definition) is 2. The van der Waals surface area contributed by atoms with E-state index in [0.717, 1.165) is 18.7 Å². The Labute approximate surface area is 109 Å². The molecule has 1 aromatic heterocycles. The first-order valence-corrected chi connectivity index (χ1v) is 6.40. The Bertz CT molecular complexity index is 337. The van der Waals surface area contributed by atoms with E-state index in [4.69, 9.17) is 0 Å². The molecule has 1 heterocycles. The van der Waals surface area contributed by atoms with E-state index in [1.54, 1.807) is 6.92 Å². The Balaban J connectivity index is 2.46. The average Bonchev–Trinajstić information content (AvgIpc) is 2.28. The molecule has 1 aromatic rings. The number of nitrogens with one attached hydrogen (secondary N) is 1. The lowest BCUT2D eigenvalue weighted by atomic mass is 10.2. The fourth-order valence-electron chi connectivity index (χ4n) is 1.62. The number of aromatic nitrogens is 2. The second kappa shape index (κ2) is 7.28. The van der Waals surface area contributed by atoms with E-state index in [0.29, 0.717) is 18.4 Å². The zero-order valence-corrected chi connectivity index (χ0v) is 11.7. The lowest BCUT2D eigenvalue weighted by molar-refractivity contribution is 0.201. The second-order valence-electron chi connectivity index (χ2n) is 5.15. The van der Waals surface area contributed by atoms with Crippen LogP contribution in [0.3, 0.4) is 0 Å². The van der Waals surface area contributed by atoms with E-state index >= 15 is 0 Å². The van der Waals surface area contributed by atoms with Gasteiger partial charge in [0.15, 0.2) is 0 Å². The van der Waals surface area contributed by atoms with Gasteiger partial charge in [-0.2, -0.15) is 0 Å². The predicted octanol–water partition coefficient (Wildman–Crippen LogP) is 1.04. The summed E-state index contributed by atoms with van der Waals surface area (Å²) in [6.45, 7) is 8.42. The summed E-state index contributed by atoms with van der Waals surface area (Å²) in [4.78, 5) is 10.4. The Kier molecular flexibility index (Phi) is 6.01. The van der Waals surface area contributed by atoms with Crippen LogP contribution in [0.15, 0.2) is 12.4 Å². The standard InChI is InChI=1S/C13H24N4O/c1-10(2)5-14-6-12-7-15-13(16-8-12)17(4)9-11(3)18/h7-8,10-11,14,18H,5-6,9H2,1-4H3. The fraction of sp³-hybridized carbons (Fsp3) is 0.692. The third kappa shape index (κ3) is 5.42. The van der Waals surface area contributed by atoms with Gasteiger partial charge >= 0.3 is 0 Å². The van der Waals surface area contributed by atoms with E-state index < -0.39 is 0 Å². The van der Waals surface area contributed by atoms with E-state index in [1.807, 2.05) is 24.3 Å². The SMILES string of the molecule is CC(C)CNCc1cnc(N(C)CC(C)O)nc1. The van der Waals surface area contributed by atoms with Crippen molar-refractivity contribution in [3.63, 3.8) is 0 Å². The molecule has 2 N–H and O–H groups in total. The molecule has 0 fully saturated rings. The highest BCUT2D eigenvalue weighted by Gasteiger charge is 2.06. The first-order chi connectivity index (χ1) is 8.49. The Morgan fingerprint density at radius 1 is 1.28 bits per heavy atom. The maximum atomic E-state index is 9.30. The first kappa shape index (κ1) is 14.9. The largest absolute Gasteiger partial charge is 0.392 e. The van der Waals surface area contributed by atoms with Crippen molar-refractivity contribution >= 4 is 5.95 Å². The minimum Gasteiger partial charge on any atom is -0.392 e. The van der Waals surface area contributed by atoms with Crippen molar-refractivity contribution in [2.24, 2.45) is 5.92 Å². The van der Waals surface area contributed by atoms with Crippen molar-refractivity contribution in [1.29, 1.82) is 0 Å². The lowest BCUT2D eigenvalue weighted by Gasteiger charge is -2.18. The number of rotatable bonds is 7. The highest BCUT2D eigenvalue weighted by molar-refractivity contribution is 5.28. The van der Waals surface area contributed by atoms with Crippen molar-refractivity contribution in [2.75, 3.05) is 25.0 Å². The normalized spacial score (nSPS) is 12.8. The molecule has 1 unspecified atom stereocenters. The maximum Gasteiger partial charge on any atom is 0.225 e. The number of nitrogens with zero attached hydrogens (tertiary/aromatic N) is 3. The fourth-order valence-corrected chi connectivity index (χ4v) is 1.62. The van der Waals surface area contributed by atoms with Crippen molar-refractivity contribution in [3.8, 4) is 0 Å². The molecule has 0 aliphatic rings. The number of aliphatic hydroxyl groups is 1. The zero-order chi connectivity index (χ0) is 13.5. The van der Waals surface area contributed by atoms with Gasteiger partial charge in [0, 0.05) is 38.1 Å². The van der Waals surface area contributed by atoms with E-state index in [9.17, 15) is 5.11 Å². The number of aliphatic hydroxyl groups excluding tert-OH is 1. The van der Waals surface area contributed by atoms with Crippen LogP contribution in [0, 0.1) is 5.92 Å². The monoisotopic (exact) mass is 252 g/mol. The summed E-state index contributed by atoms with van der Waals surface area (Å²) in [5.74, 6) is 1.28. The van der Waals surface area contributed by atoms with Gasteiger partial charge in [-0.3, -0.25) is 0 Å². The minimum atomic E-state index is -0.383. The number of hydrogen-bond acceptors (Lipinski definition) is 5. The molecule has 18 heavy (non-hydrogen) atoms. The smallest absolute Gasteiger partial charge is 0.225 e. The third-order valence-corrected chi connectivity index (χ3v) is 2.45. The van der Waals surface area contributed by atoms with Crippen molar-refractivity contribution in [1.82, 2.24) is 15.3 Å². The first-order valence-electron chi connectivity index (χ1n) is 6.40. The van der Waals surface area contributed by atoms with Crippen molar-refractivity contribution in [2.45, 2.75) is 33.4 Å². The quantitative estimate of drug-likeness (QED) is 0.759. The molecule has 0 bridgehead atoms. The van der Waals surface area contributed by atoms with Crippen LogP contribution < -0.4 is 10.2 Å². The molecule has 0 aromatic carbocycles. The summed E-state index contributed by atoms with van der Waals surface area (Å²) in [6.07, 6.45) is 3.27. The predicted molar refractivity (Wildman–Crippen MR) is 73.5 cm³/mol. The van der Waals surface area contributed by atoms with Crippen molar-refractivity contribution in [3.05, 3.63) is 18.0 Å². The third-order valence-electron chi connectivity index (χ3n) is 2.45. The molecule has 102 valence electrons. The van der Waals surface area contributed by atoms with Gasteiger partial charge in [-0.15, -0.1) is 0 Å². The Morgan fingerprint density at radius 3 is 2.39 bits per heavy atom. The molecule has 0 saturated heterocycles. The van der Waals surface area contributed by atoms with Gasteiger partial charge < -0.3 is 15.3 Å². The van der Waals surface area contributed by atoms with E-state index in [1.165, 1.54) is 0 Å². The van der Waals surface area contributed by atoms with Gasteiger partial charge in [0.25, 0.3) is 0 Å². The summed E-state index contributed by atoms with van der Waals surface area (Å²) in [5.41, 5.74) is 1.07. The van der Waals surface area contributed by atoms with Gasteiger partial charge in [0.1, 0.15) is 0 Å². The Hall–Kier alpha value is -1.20. The molecule has 0 aliphatic carbocycles. The zero-order valence-electron chi connectivity index (χ0n) is 11.7. The molecule has 5 heteroatoms. The van der Waals surface area contributed by atoms with Crippen LogP contribution in [0.4, 0.5) is 5.95 Å². The van der Waals surface area contributed by atoms with Gasteiger partial charge in [0.2, 0.25) is 5.95 Å². The lowest BCUT2D eigenvalue weighted by Crippen LogP contribution is -2.28. The van der Waals surface area contributed by atoms with Crippen LogP contribution in [0.1, 0.15) is 26.3 Å². The van der Waals surface area contributed by atoms with E-state index in [2.05, 4.69) is 29.1 Å². The molecule has 1 atom stereocenters. The van der Waals surface area contributed by atoms with Crippen LogP contribution in [0.5, 0.6) is 0 Å². The number of likely N-dealkylation sites (N-methyl/N-ethyl adjacent to an activating group) is 1. The molecule has 5 nitrogen and oxygen atoms in total. The topological polar surface area (TPSA) is 61.3 Å². The van der Waals surface area contributed by atoms with Crippen molar-refractivity contribution < 1.29 is 5.11 Å². The molecule has 0 aliphatic heterocycles. The number of anilines is 1. The molecule has 0 spiro atoms. The molecular weight excluding hydrogens is 228 g/mol. The van der Waals surface area contributed by atoms with Crippen LogP contribution >= 0.6 is 0 Å². The van der Waals surface area contributed by atoms with Crippen LogP contribution in [-0.4, -0.2) is 41.3 Å². The molecule has 0 amide bonds. The van der Waals surface area contributed by atoms with Gasteiger partial charge in [0.05, 0.1) is 6.10 Å². The summed E-state index contributed by atoms with van der Waals surface area (Å²) in [5, 5.41) is 12.6. The van der Waals surface area contributed by atoms with Crippen LogP contribution in [0.25, 0.3) is 0 Å². The second-order valence-corrected chi connectivity index (χ2v) is 5.15. The molecule has 0 radical (unpaired) electrons. The van der Waals surface area contributed by atoms with Gasteiger partial charge in [-0.05, 0) is 19.4 Å². The summed E-state index contributed by atoms with van der Waals surface area (Å²) in [7, 11) is 1.87. The van der Waals surface area contributed by atoms with Gasteiger partial charge in [-0.1, -0.05) is 13.8 Å². The van der Waals surface area contributed by atoms with E-state index in [-0.39, 0.29) is 6.10 Å². The van der Waals surface area contributed by atoms with Crippen LogP contribution in [0.2, 0.25) is 0 Å². The minimum absolute atomic E-state index is 0.383. The summed E-state index contributed by atoms with van der Waals surface area (Å²) in [6, 6.07) is 0. The maximum absolute atomic E-state index is 9.30. The molecular formula is C13H24N4O.